The normalized spacial score (nSPS) is 10.8. The van der Waals surface area contributed by atoms with E-state index in [1.807, 2.05) is 65.4 Å². The van der Waals surface area contributed by atoms with Crippen molar-refractivity contribution in [2.75, 3.05) is 13.7 Å². The third-order valence-electron chi connectivity index (χ3n) is 4.68. The minimum absolute atomic E-state index is 0.134. The molecule has 4 aromatic rings. The Bertz CT molecular complexity index is 1140. The predicted octanol–water partition coefficient (Wildman–Crippen LogP) is 5.60. The number of nitrogens with zero attached hydrogens (tertiary/aromatic N) is 1. The minimum atomic E-state index is -0.134. The van der Waals surface area contributed by atoms with E-state index in [0.717, 1.165) is 34.2 Å². The van der Waals surface area contributed by atoms with Gasteiger partial charge in [0, 0.05) is 34.0 Å². The molecule has 0 atom stereocenters. The van der Waals surface area contributed by atoms with Gasteiger partial charge >= 0.3 is 0 Å². The Hall–Kier alpha value is -2.89. The van der Waals surface area contributed by atoms with Gasteiger partial charge in [0.25, 0.3) is 5.91 Å². The van der Waals surface area contributed by atoms with Gasteiger partial charge in [0.2, 0.25) is 0 Å². The van der Waals surface area contributed by atoms with Crippen LogP contribution in [0, 0.1) is 0 Å². The molecule has 0 bridgehead atoms. The second kappa shape index (κ2) is 8.64. The molecule has 0 unspecified atom stereocenters. The van der Waals surface area contributed by atoms with Crippen LogP contribution in [0.5, 0.6) is 5.75 Å². The molecule has 6 heteroatoms. The van der Waals surface area contributed by atoms with Crippen LogP contribution in [0.2, 0.25) is 5.02 Å². The molecule has 0 saturated carbocycles. The first-order valence-electron chi connectivity index (χ1n) is 9.18. The second-order valence-corrected chi connectivity index (χ2v) is 7.80. The molecule has 4 rings (SSSR count). The van der Waals surface area contributed by atoms with Gasteiger partial charge in [-0.25, -0.2) is 4.98 Å². The predicted molar refractivity (Wildman–Crippen MR) is 119 cm³/mol. The number of rotatable bonds is 6. The number of hydrogen-bond acceptors (Lipinski definition) is 4. The van der Waals surface area contributed by atoms with Gasteiger partial charge < -0.3 is 10.1 Å². The summed E-state index contributed by atoms with van der Waals surface area (Å²) in [6, 6.07) is 17.2. The molecular formula is C23H19ClN2O2S. The van der Waals surface area contributed by atoms with Crippen LogP contribution >= 0.6 is 22.9 Å². The molecule has 0 radical (unpaired) electrons. The fourth-order valence-corrected chi connectivity index (χ4v) is 3.90. The van der Waals surface area contributed by atoms with Crippen LogP contribution in [0.4, 0.5) is 0 Å². The molecule has 0 aliphatic carbocycles. The summed E-state index contributed by atoms with van der Waals surface area (Å²) in [6.07, 6.45) is 0.731. The Morgan fingerprint density at radius 3 is 2.69 bits per heavy atom. The quantitative estimate of drug-likeness (QED) is 0.440. The van der Waals surface area contributed by atoms with Crippen molar-refractivity contribution in [2.45, 2.75) is 6.42 Å². The van der Waals surface area contributed by atoms with E-state index < -0.39 is 0 Å². The number of amides is 1. The highest BCUT2D eigenvalue weighted by atomic mass is 35.5. The summed E-state index contributed by atoms with van der Waals surface area (Å²) >= 11 is 7.50. The number of thiophene rings is 1. The van der Waals surface area contributed by atoms with E-state index in [1.165, 1.54) is 0 Å². The van der Waals surface area contributed by atoms with Crippen molar-refractivity contribution in [1.29, 1.82) is 0 Å². The summed E-state index contributed by atoms with van der Waals surface area (Å²) in [5.41, 5.74) is 4.09. The highest BCUT2D eigenvalue weighted by Crippen LogP contribution is 2.29. The number of carbonyl (C=O) groups excluding carboxylic acids is 1. The van der Waals surface area contributed by atoms with Gasteiger partial charge in [-0.3, -0.25) is 4.79 Å². The minimum Gasteiger partial charge on any atom is -0.497 e. The molecule has 0 aliphatic rings. The lowest BCUT2D eigenvalue weighted by Crippen LogP contribution is -2.26. The van der Waals surface area contributed by atoms with Gasteiger partial charge in [0.05, 0.1) is 23.9 Å². The van der Waals surface area contributed by atoms with Gasteiger partial charge in [-0.1, -0.05) is 23.7 Å². The molecule has 29 heavy (non-hydrogen) atoms. The maximum Gasteiger partial charge on any atom is 0.253 e. The van der Waals surface area contributed by atoms with Crippen LogP contribution in [-0.4, -0.2) is 24.5 Å². The molecule has 0 saturated heterocycles. The van der Waals surface area contributed by atoms with Crippen molar-refractivity contribution in [2.24, 2.45) is 0 Å². The molecule has 146 valence electrons. The number of hydrogen-bond donors (Lipinski definition) is 1. The zero-order valence-corrected chi connectivity index (χ0v) is 17.4. The summed E-state index contributed by atoms with van der Waals surface area (Å²) < 4.78 is 5.31. The molecule has 2 aromatic heterocycles. The average molecular weight is 423 g/mol. The SMILES string of the molecule is COc1ccc2cc(C(=O)NCCc3ccc(Cl)cc3)c(-c3ccsc3)nc2c1. The van der Waals surface area contributed by atoms with Crippen molar-refractivity contribution in [3.8, 4) is 17.0 Å². The third-order valence-corrected chi connectivity index (χ3v) is 5.61. The topological polar surface area (TPSA) is 51.2 Å². The number of ether oxygens (including phenoxy) is 1. The van der Waals surface area contributed by atoms with Crippen molar-refractivity contribution < 1.29 is 9.53 Å². The first-order chi connectivity index (χ1) is 14.1. The number of halogens is 1. The Kier molecular flexibility index (Phi) is 5.79. The van der Waals surface area contributed by atoms with E-state index in [2.05, 4.69) is 5.32 Å². The largest absolute Gasteiger partial charge is 0.497 e. The van der Waals surface area contributed by atoms with Crippen LogP contribution in [0.25, 0.3) is 22.2 Å². The Morgan fingerprint density at radius 1 is 1.14 bits per heavy atom. The molecule has 2 heterocycles. The van der Waals surface area contributed by atoms with Gasteiger partial charge in [0.15, 0.2) is 0 Å². The number of fused-ring (bicyclic) bond motifs is 1. The molecule has 0 aliphatic heterocycles. The number of methoxy groups -OCH3 is 1. The first-order valence-corrected chi connectivity index (χ1v) is 10.5. The summed E-state index contributed by atoms with van der Waals surface area (Å²) in [5.74, 6) is 0.604. The van der Waals surface area contributed by atoms with Crippen LogP contribution in [-0.2, 0) is 6.42 Å². The molecule has 1 N–H and O–H groups in total. The van der Waals surface area contributed by atoms with E-state index in [0.29, 0.717) is 22.8 Å². The number of carbonyl (C=O) groups is 1. The Labute approximate surface area is 178 Å². The van der Waals surface area contributed by atoms with E-state index >= 15 is 0 Å². The molecule has 0 fully saturated rings. The fraction of sp³-hybridized carbons (Fsp3) is 0.130. The van der Waals surface area contributed by atoms with Gasteiger partial charge in [0.1, 0.15) is 5.75 Å². The van der Waals surface area contributed by atoms with Crippen molar-refractivity contribution in [3.63, 3.8) is 0 Å². The smallest absolute Gasteiger partial charge is 0.253 e. The van der Waals surface area contributed by atoms with Gasteiger partial charge in [-0.2, -0.15) is 11.3 Å². The maximum absolute atomic E-state index is 13.0. The highest BCUT2D eigenvalue weighted by molar-refractivity contribution is 7.08. The van der Waals surface area contributed by atoms with E-state index in [1.54, 1.807) is 18.4 Å². The molecule has 1 amide bonds. The summed E-state index contributed by atoms with van der Waals surface area (Å²) in [7, 11) is 1.63. The number of nitrogens with one attached hydrogen (secondary N) is 1. The first kappa shape index (κ1) is 19.4. The Balaban J connectivity index is 1.61. The van der Waals surface area contributed by atoms with E-state index in [4.69, 9.17) is 21.3 Å². The van der Waals surface area contributed by atoms with Gasteiger partial charge in [-0.05, 0) is 53.8 Å². The van der Waals surface area contributed by atoms with Crippen molar-refractivity contribution >= 4 is 39.7 Å². The molecule has 0 spiro atoms. The standard InChI is InChI=1S/C23H19ClN2O2S/c1-28-19-7-4-16-12-20(22(26-21(16)13-19)17-9-11-29-14-17)23(27)25-10-8-15-2-5-18(24)6-3-15/h2-7,9,11-14H,8,10H2,1H3,(H,25,27). The van der Waals surface area contributed by atoms with Crippen LogP contribution in [0.15, 0.2) is 65.4 Å². The highest BCUT2D eigenvalue weighted by Gasteiger charge is 2.16. The third kappa shape index (κ3) is 4.42. The number of benzene rings is 2. The summed E-state index contributed by atoms with van der Waals surface area (Å²) in [5, 5.41) is 8.60. The summed E-state index contributed by atoms with van der Waals surface area (Å²) in [6.45, 7) is 0.532. The molecule has 4 nitrogen and oxygen atoms in total. The van der Waals surface area contributed by atoms with Gasteiger partial charge in [-0.15, -0.1) is 0 Å². The summed E-state index contributed by atoms with van der Waals surface area (Å²) in [4.78, 5) is 17.8. The van der Waals surface area contributed by atoms with Crippen LogP contribution in [0.3, 0.4) is 0 Å². The van der Waals surface area contributed by atoms with Crippen LogP contribution in [0.1, 0.15) is 15.9 Å². The van der Waals surface area contributed by atoms with E-state index in [9.17, 15) is 4.79 Å². The van der Waals surface area contributed by atoms with E-state index in [-0.39, 0.29) is 5.91 Å². The van der Waals surface area contributed by atoms with Crippen molar-refractivity contribution in [1.82, 2.24) is 10.3 Å². The monoisotopic (exact) mass is 422 g/mol. The van der Waals surface area contributed by atoms with Crippen molar-refractivity contribution in [3.05, 3.63) is 81.5 Å². The number of aromatic nitrogens is 1. The second-order valence-electron chi connectivity index (χ2n) is 6.59. The Morgan fingerprint density at radius 2 is 1.97 bits per heavy atom. The lowest BCUT2D eigenvalue weighted by Gasteiger charge is -2.11. The lowest BCUT2D eigenvalue weighted by atomic mass is 10.0. The average Bonchev–Trinajstić information content (AvgIpc) is 3.28. The molecular weight excluding hydrogens is 404 g/mol. The lowest BCUT2D eigenvalue weighted by molar-refractivity contribution is 0.0954. The number of pyridine rings is 1. The maximum atomic E-state index is 13.0. The zero-order valence-electron chi connectivity index (χ0n) is 15.8. The van der Waals surface area contributed by atoms with Crippen LogP contribution < -0.4 is 10.1 Å². The fourth-order valence-electron chi connectivity index (χ4n) is 3.13. The molecule has 2 aromatic carbocycles. The zero-order chi connectivity index (χ0) is 20.2.